The van der Waals surface area contributed by atoms with Crippen LogP contribution >= 0.6 is 11.6 Å². The van der Waals surface area contributed by atoms with E-state index in [0.29, 0.717) is 11.1 Å². The summed E-state index contributed by atoms with van der Waals surface area (Å²) in [5.74, 6) is -0.552. The predicted molar refractivity (Wildman–Crippen MR) is 81.6 cm³/mol. The van der Waals surface area contributed by atoms with Crippen molar-refractivity contribution in [2.45, 2.75) is 13.8 Å². The van der Waals surface area contributed by atoms with Crippen molar-refractivity contribution in [2.24, 2.45) is 0 Å². The lowest BCUT2D eigenvalue weighted by Gasteiger charge is -2.11. The van der Waals surface area contributed by atoms with Crippen molar-refractivity contribution in [3.63, 3.8) is 0 Å². The Morgan fingerprint density at radius 1 is 1.24 bits per heavy atom. The maximum Gasteiger partial charge on any atom is 0.337 e. The monoisotopic (exact) mass is 305 g/mol. The molecular weight excluding hydrogens is 290 g/mol. The van der Waals surface area contributed by atoms with Gasteiger partial charge in [0.05, 0.1) is 18.6 Å². The summed E-state index contributed by atoms with van der Waals surface area (Å²) in [4.78, 5) is 23.5. The Morgan fingerprint density at radius 3 is 2.57 bits per heavy atom. The Balaban J connectivity index is 2.55. The number of rotatable bonds is 4. The van der Waals surface area contributed by atoms with Gasteiger partial charge in [0.1, 0.15) is 0 Å². The van der Waals surface area contributed by atoms with Gasteiger partial charge < -0.3 is 9.30 Å². The lowest BCUT2D eigenvalue weighted by molar-refractivity contribution is 0.0600. The molecule has 0 aliphatic rings. The molecule has 0 unspecified atom stereocenters. The highest BCUT2D eigenvalue weighted by atomic mass is 35.5. The number of hydrogen-bond acceptors (Lipinski definition) is 3. The van der Waals surface area contributed by atoms with Gasteiger partial charge in [-0.25, -0.2) is 4.79 Å². The third-order valence-corrected chi connectivity index (χ3v) is 3.62. The quantitative estimate of drug-likeness (QED) is 0.495. The fourth-order valence-corrected chi connectivity index (χ4v) is 2.55. The van der Waals surface area contributed by atoms with Crippen molar-refractivity contribution in [3.8, 4) is 5.69 Å². The number of esters is 1. The first kappa shape index (κ1) is 15.3. The van der Waals surface area contributed by atoms with E-state index in [-0.39, 0.29) is 11.7 Å². The van der Waals surface area contributed by atoms with E-state index in [4.69, 9.17) is 16.3 Å². The minimum Gasteiger partial charge on any atom is -0.465 e. The fraction of sp³-hybridized carbons (Fsp3) is 0.250. The molecule has 0 saturated carbocycles. The van der Waals surface area contributed by atoms with Crippen LogP contribution in [0.15, 0.2) is 30.3 Å². The summed E-state index contributed by atoms with van der Waals surface area (Å²) < 4.78 is 6.65. The average molecular weight is 306 g/mol. The van der Waals surface area contributed by atoms with E-state index in [1.807, 2.05) is 30.5 Å². The largest absolute Gasteiger partial charge is 0.465 e. The first-order chi connectivity index (χ1) is 9.99. The normalized spacial score (nSPS) is 10.5. The second-order valence-corrected chi connectivity index (χ2v) is 4.99. The number of hydrogen-bond donors (Lipinski definition) is 0. The number of halogens is 1. The van der Waals surface area contributed by atoms with Crippen molar-refractivity contribution >= 4 is 23.4 Å². The van der Waals surface area contributed by atoms with Crippen LogP contribution in [0.1, 0.15) is 32.1 Å². The number of aryl methyl sites for hydroxylation is 1. The van der Waals surface area contributed by atoms with Crippen molar-refractivity contribution in [1.82, 2.24) is 4.57 Å². The van der Waals surface area contributed by atoms with Crippen LogP contribution in [0, 0.1) is 13.8 Å². The third kappa shape index (κ3) is 2.85. The van der Waals surface area contributed by atoms with Gasteiger partial charge in [0.2, 0.25) is 0 Å². The third-order valence-electron chi connectivity index (χ3n) is 3.38. The maximum absolute atomic E-state index is 11.8. The van der Waals surface area contributed by atoms with E-state index in [9.17, 15) is 9.59 Å². The molecule has 0 saturated heterocycles. The van der Waals surface area contributed by atoms with Gasteiger partial charge in [-0.2, -0.15) is 0 Å². The molecule has 1 aromatic carbocycles. The summed E-state index contributed by atoms with van der Waals surface area (Å²) >= 11 is 5.63. The molecule has 21 heavy (non-hydrogen) atoms. The minimum absolute atomic E-state index is 0.0491. The van der Waals surface area contributed by atoms with Gasteiger partial charge in [0.15, 0.2) is 5.78 Å². The Bertz CT molecular complexity index is 704. The van der Waals surface area contributed by atoms with Gasteiger partial charge in [-0.05, 0) is 38.1 Å². The van der Waals surface area contributed by atoms with Gasteiger partial charge in [0.25, 0.3) is 0 Å². The van der Waals surface area contributed by atoms with Crippen molar-refractivity contribution in [3.05, 3.63) is 52.8 Å². The van der Waals surface area contributed by atoms with E-state index in [2.05, 4.69) is 0 Å². The number of aromatic nitrogens is 1. The van der Waals surface area contributed by atoms with Gasteiger partial charge in [-0.1, -0.05) is 6.07 Å². The van der Waals surface area contributed by atoms with Gasteiger partial charge >= 0.3 is 5.97 Å². The molecule has 4 nitrogen and oxygen atoms in total. The average Bonchev–Trinajstić information content (AvgIpc) is 2.80. The number of nitrogens with zero attached hydrogens (tertiary/aromatic N) is 1. The molecular formula is C16H16ClNO3. The fourth-order valence-electron chi connectivity index (χ4n) is 2.40. The lowest BCUT2D eigenvalue weighted by Crippen LogP contribution is -2.06. The zero-order chi connectivity index (χ0) is 15.6. The van der Waals surface area contributed by atoms with Crippen molar-refractivity contribution in [2.75, 3.05) is 13.0 Å². The Labute approximate surface area is 128 Å². The molecule has 0 bridgehead atoms. The van der Waals surface area contributed by atoms with Crippen molar-refractivity contribution < 1.29 is 14.3 Å². The molecule has 0 radical (unpaired) electrons. The molecule has 0 aliphatic carbocycles. The molecule has 0 spiro atoms. The lowest BCUT2D eigenvalue weighted by atomic mass is 10.1. The second-order valence-electron chi connectivity index (χ2n) is 4.72. The molecule has 110 valence electrons. The van der Waals surface area contributed by atoms with Gasteiger partial charge in [-0.15, -0.1) is 11.6 Å². The first-order valence-electron chi connectivity index (χ1n) is 6.46. The first-order valence-corrected chi connectivity index (χ1v) is 7.00. The predicted octanol–water partition coefficient (Wildman–Crippen LogP) is 3.30. The van der Waals surface area contributed by atoms with E-state index in [0.717, 1.165) is 17.1 Å². The summed E-state index contributed by atoms with van der Waals surface area (Å²) in [6.45, 7) is 3.76. The summed E-state index contributed by atoms with van der Waals surface area (Å²) in [7, 11) is 1.35. The highest BCUT2D eigenvalue weighted by molar-refractivity contribution is 6.30. The molecule has 2 rings (SSSR count). The van der Waals surface area contributed by atoms with Crippen molar-refractivity contribution in [1.29, 1.82) is 0 Å². The highest BCUT2D eigenvalue weighted by Gasteiger charge is 2.16. The van der Waals surface area contributed by atoms with Gasteiger partial charge in [-0.3, -0.25) is 4.79 Å². The zero-order valence-electron chi connectivity index (χ0n) is 12.1. The molecule has 0 amide bonds. The van der Waals surface area contributed by atoms with Crippen LogP contribution in [-0.4, -0.2) is 29.3 Å². The smallest absolute Gasteiger partial charge is 0.337 e. The SMILES string of the molecule is COC(=O)c1cccc(-n2c(C)cc(C(=O)CCl)c2C)c1. The summed E-state index contributed by atoms with van der Waals surface area (Å²) in [5, 5.41) is 0. The van der Waals surface area contributed by atoms with Gasteiger partial charge in [0, 0.05) is 22.6 Å². The summed E-state index contributed by atoms with van der Waals surface area (Å²) in [5.41, 5.74) is 3.59. The summed E-state index contributed by atoms with van der Waals surface area (Å²) in [6, 6.07) is 8.89. The van der Waals surface area contributed by atoms with Crippen LogP contribution < -0.4 is 0 Å². The Kier molecular flexibility index (Phi) is 4.48. The number of carbonyl (C=O) groups is 2. The van der Waals surface area contributed by atoms with Crippen LogP contribution in [0.4, 0.5) is 0 Å². The number of benzene rings is 1. The number of carbonyl (C=O) groups excluding carboxylic acids is 2. The minimum atomic E-state index is -0.392. The molecule has 5 heteroatoms. The van der Waals surface area contributed by atoms with Crippen LogP contribution in [-0.2, 0) is 4.74 Å². The topological polar surface area (TPSA) is 48.3 Å². The maximum atomic E-state index is 11.8. The molecule has 2 aromatic rings. The molecule has 0 N–H and O–H groups in total. The zero-order valence-corrected chi connectivity index (χ0v) is 12.9. The van der Waals surface area contributed by atoms with E-state index in [1.54, 1.807) is 18.2 Å². The number of ether oxygens (including phenoxy) is 1. The van der Waals surface area contributed by atoms with Crippen LogP contribution in [0.3, 0.4) is 0 Å². The van der Waals surface area contributed by atoms with E-state index < -0.39 is 5.97 Å². The van der Waals surface area contributed by atoms with Crippen LogP contribution in [0.5, 0.6) is 0 Å². The van der Waals surface area contributed by atoms with E-state index >= 15 is 0 Å². The van der Waals surface area contributed by atoms with E-state index in [1.165, 1.54) is 7.11 Å². The number of alkyl halides is 1. The molecule has 0 aliphatic heterocycles. The number of methoxy groups -OCH3 is 1. The molecule has 1 aromatic heterocycles. The van der Waals surface area contributed by atoms with Crippen LogP contribution in [0.25, 0.3) is 5.69 Å². The number of ketones is 1. The molecule has 0 atom stereocenters. The Morgan fingerprint density at radius 2 is 1.95 bits per heavy atom. The highest BCUT2D eigenvalue weighted by Crippen LogP contribution is 2.22. The standard InChI is InChI=1S/C16H16ClNO3/c1-10-7-14(15(19)9-17)11(2)18(10)13-6-4-5-12(8-13)16(20)21-3/h4-8H,9H2,1-3H3. The number of Topliss-reactive ketones (excluding diaryl/α,β-unsaturated/α-hetero) is 1. The molecule has 1 heterocycles. The Hall–Kier alpha value is -2.07. The second kappa shape index (κ2) is 6.14. The van der Waals surface area contributed by atoms with Crippen LogP contribution in [0.2, 0.25) is 0 Å². The molecule has 0 fully saturated rings. The summed E-state index contributed by atoms with van der Waals surface area (Å²) in [6.07, 6.45) is 0.